The molecule has 3 heteroatoms. The molecule has 0 saturated carbocycles. The minimum atomic E-state index is 0.667. The van der Waals surface area contributed by atoms with Gasteiger partial charge >= 0.3 is 0 Å². The third-order valence-corrected chi connectivity index (χ3v) is 11.8. The van der Waals surface area contributed by atoms with Crippen LogP contribution in [0.2, 0.25) is 0 Å². The zero-order valence-corrected chi connectivity index (χ0v) is 31.7. The molecule has 11 aromatic rings. The van der Waals surface area contributed by atoms with E-state index >= 15 is 0 Å². The Labute approximate surface area is 331 Å². The Balaban J connectivity index is 1.17. The smallest absolute Gasteiger partial charge is 0.118 e. The number of aliphatic imine (C=N–C) groups is 1. The van der Waals surface area contributed by atoms with Crippen molar-refractivity contribution in [2.75, 3.05) is 0 Å². The average molecular weight is 730 g/mol. The number of aryl methyl sites for hydroxylation is 1. The van der Waals surface area contributed by atoms with Crippen molar-refractivity contribution in [3.63, 3.8) is 0 Å². The summed E-state index contributed by atoms with van der Waals surface area (Å²) in [4.78, 5) is 5.59. The first-order valence-electron chi connectivity index (χ1n) is 19.9. The molecule has 0 amide bonds. The highest BCUT2D eigenvalue weighted by atomic mass is 15.1. The van der Waals surface area contributed by atoms with E-state index < -0.39 is 0 Å². The SMILES string of the molecule is CCc1ccccc1N=C(Cc1ccc(-c2ccccc2)cc1)n1c2ccc(-n3c4ccccc4c4c5ccccc5ccc43)cc2c2c3ccccc3ccc21. The zero-order valence-electron chi connectivity index (χ0n) is 31.7. The lowest BCUT2D eigenvalue weighted by Gasteiger charge is -2.15. The van der Waals surface area contributed by atoms with E-state index in [-0.39, 0.29) is 0 Å². The van der Waals surface area contributed by atoms with E-state index in [1.165, 1.54) is 76.4 Å². The van der Waals surface area contributed by atoms with Crippen LogP contribution in [-0.4, -0.2) is 15.0 Å². The van der Waals surface area contributed by atoms with Crippen molar-refractivity contribution in [3.05, 3.63) is 205 Å². The van der Waals surface area contributed by atoms with E-state index in [0.717, 1.165) is 34.7 Å². The van der Waals surface area contributed by atoms with Crippen molar-refractivity contribution in [3.8, 4) is 16.8 Å². The molecule has 57 heavy (non-hydrogen) atoms. The molecular weight excluding hydrogens is 691 g/mol. The van der Waals surface area contributed by atoms with E-state index in [0.29, 0.717) is 6.42 Å². The molecule has 0 aliphatic carbocycles. The van der Waals surface area contributed by atoms with Crippen LogP contribution in [0, 0.1) is 0 Å². The molecule has 0 N–H and O–H groups in total. The van der Waals surface area contributed by atoms with Gasteiger partial charge in [-0.1, -0.05) is 159 Å². The van der Waals surface area contributed by atoms with Gasteiger partial charge in [-0.05, 0) is 92.7 Å². The van der Waals surface area contributed by atoms with Crippen molar-refractivity contribution in [2.24, 2.45) is 4.99 Å². The predicted molar refractivity (Wildman–Crippen MR) is 243 cm³/mol. The molecule has 0 atom stereocenters. The van der Waals surface area contributed by atoms with Crippen molar-refractivity contribution < 1.29 is 0 Å². The fraction of sp³-hybridized carbons (Fsp3) is 0.0556. The molecule has 0 unspecified atom stereocenters. The number of nitrogens with zero attached hydrogens (tertiary/aromatic N) is 3. The van der Waals surface area contributed by atoms with Gasteiger partial charge in [0.05, 0.1) is 27.8 Å². The molecule has 0 saturated heterocycles. The van der Waals surface area contributed by atoms with E-state index in [1.807, 2.05) is 0 Å². The highest BCUT2D eigenvalue weighted by molar-refractivity contribution is 6.25. The monoisotopic (exact) mass is 729 g/mol. The summed E-state index contributed by atoms with van der Waals surface area (Å²) >= 11 is 0. The Kier molecular flexibility index (Phi) is 7.85. The summed E-state index contributed by atoms with van der Waals surface area (Å²) in [5.74, 6) is 0.995. The largest absolute Gasteiger partial charge is 0.309 e. The fourth-order valence-corrected chi connectivity index (χ4v) is 9.07. The first-order valence-corrected chi connectivity index (χ1v) is 19.9. The predicted octanol–water partition coefficient (Wildman–Crippen LogP) is 14.2. The maximum absolute atomic E-state index is 5.59. The van der Waals surface area contributed by atoms with E-state index in [2.05, 4.69) is 210 Å². The standard InChI is InChI=1S/C54H39N3/c1-2-37-14-8-12-22-47(37)55-52(34-36-24-26-39(27-25-36)38-15-4-3-5-16-38)57-49-33-30-42(35-46(49)54-44-20-10-7-18-41(44)29-32-51(54)57)56-48-23-13-11-21-45(48)53-43-19-9-6-17-40(43)28-31-50(53)56/h3-33,35H,2,34H2,1H3. The normalized spacial score (nSPS) is 12.2. The van der Waals surface area contributed by atoms with Crippen LogP contribution in [0.1, 0.15) is 18.1 Å². The molecule has 0 bridgehead atoms. The minimum absolute atomic E-state index is 0.667. The molecule has 2 aromatic heterocycles. The van der Waals surface area contributed by atoms with Gasteiger partial charge in [-0.25, -0.2) is 4.99 Å². The lowest BCUT2D eigenvalue weighted by atomic mass is 10.0. The molecule has 11 rings (SSSR count). The summed E-state index contributed by atoms with van der Waals surface area (Å²) in [6, 6.07) is 70.7. The maximum atomic E-state index is 5.59. The van der Waals surface area contributed by atoms with E-state index in [4.69, 9.17) is 4.99 Å². The van der Waals surface area contributed by atoms with Gasteiger partial charge in [-0.3, -0.25) is 4.57 Å². The number of aromatic nitrogens is 2. The van der Waals surface area contributed by atoms with Gasteiger partial charge in [-0.15, -0.1) is 0 Å². The number of fused-ring (bicyclic) bond motifs is 10. The van der Waals surface area contributed by atoms with Crippen LogP contribution in [0.15, 0.2) is 199 Å². The molecule has 0 spiro atoms. The van der Waals surface area contributed by atoms with Crippen LogP contribution in [0.5, 0.6) is 0 Å². The van der Waals surface area contributed by atoms with Crippen LogP contribution in [0.4, 0.5) is 5.69 Å². The van der Waals surface area contributed by atoms with Crippen molar-refractivity contribution >= 4 is 76.7 Å². The van der Waals surface area contributed by atoms with Gasteiger partial charge in [0.25, 0.3) is 0 Å². The average Bonchev–Trinajstić information content (AvgIpc) is 3.80. The second kappa shape index (κ2) is 13.5. The van der Waals surface area contributed by atoms with Gasteiger partial charge in [0.1, 0.15) is 5.84 Å². The van der Waals surface area contributed by atoms with E-state index in [9.17, 15) is 0 Å². The number of hydrogen-bond donors (Lipinski definition) is 0. The molecule has 2 heterocycles. The number of benzene rings is 9. The quantitative estimate of drug-likeness (QED) is 0.120. The summed E-state index contributed by atoms with van der Waals surface area (Å²) < 4.78 is 4.88. The van der Waals surface area contributed by atoms with E-state index in [1.54, 1.807) is 0 Å². The first kappa shape index (κ1) is 33.1. The van der Waals surface area contributed by atoms with Crippen molar-refractivity contribution in [1.82, 2.24) is 9.13 Å². The summed E-state index contributed by atoms with van der Waals surface area (Å²) in [6.45, 7) is 2.21. The molecule has 0 fully saturated rings. The Morgan fingerprint density at radius 1 is 0.456 bits per heavy atom. The Morgan fingerprint density at radius 3 is 1.81 bits per heavy atom. The molecule has 3 nitrogen and oxygen atoms in total. The third-order valence-electron chi connectivity index (χ3n) is 11.8. The molecule has 270 valence electrons. The van der Waals surface area contributed by atoms with Gasteiger partial charge in [0.2, 0.25) is 0 Å². The summed E-state index contributed by atoms with van der Waals surface area (Å²) in [6.07, 6.45) is 1.58. The lowest BCUT2D eigenvalue weighted by Crippen LogP contribution is -2.15. The molecule has 0 aliphatic rings. The maximum Gasteiger partial charge on any atom is 0.118 e. The Bertz CT molecular complexity index is 3340. The number of hydrogen-bond acceptors (Lipinski definition) is 1. The van der Waals surface area contributed by atoms with Gasteiger partial charge in [0.15, 0.2) is 0 Å². The molecule has 0 aliphatic heterocycles. The van der Waals surface area contributed by atoms with Crippen LogP contribution < -0.4 is 0 Å². The highest BCUT2D eigenvalue weighted by Gasteiger charge is 2.21. The summed E-state index contributed by atoms with van der Waals surface area (Å²) in [7, 11) is 0. The molecular formula is C54H39N3. The Hall–Kier alpha value is -7.23. The molecule has 0 radical (unpaired) electrons. The van der Waals surface area contributed by atoms with Crippen LogP contribution in [0.25, 0.3) is 82.0 Å². The second-order valence-electron chi connectivity index (χ2n) is 15.0. The summed E-state index contributed by atoms with van der Waals surface area (Å²) in [5, 5.41) is 10.0. The fourth-order valence-electron chi connectivity index (χ4n) is 9.07. The number of rotatable bonds is 6. The van der Waals surface area contributed by atoms with Crippen LogP contribution in [0.3, 0.4) is 0 Å². The van der Waals surface area contributed by atoms with Crippen LogP contribution in [-0.2, 0) is 12.8 Å². The first-order chi connectivity index (χ1) is 28.2. The minimum Gasteiger partial charge on any atom is -0.309 e. The third kappa shape index (κ3) is 5.46. The second-order valence-corrected chi connectivity index (χ2v) is 15.0. The van der Waals surface area contributed by atoms with Crippen molar-refractivity contribution in [2.45, 2.75) is 19.8 Å². The molecule has 9 aromatic carbocycles. The topological polar surface area (TPSA) is 22.2 Å². The van der Waals surface area contributed by atoms with Gasteiger partial charge in [-0.2, -0.15) is 0 Å². The summed E-state index contributed by atoms with van der Waals surface area (Å²) in [5.41, 5.74) is 11.7. The highest BCUT2D eigenvalue weighted by Crippen LogP contribution is 2.40. The zero-order chi connectivity index (χ0) is 37.9. The van der Waals surface area contributed by atoms with Gasteiger partial charge < -0.3 is 4.57 Å². The number of para-hydroxylation sites is 2. The van der Waals surface area contributed by atoms with Gasteiger partial charge in [0, 0.05) is 33.7 Å². The van der Waals surface area contributed by atoms with Crippen LogP contribution >= 0.6 is 0 Å². The lowest BCUT2D eigenvalue weighted by molar-refractivity contribution is 1.11. The van der Waals surface area contributed by atoms with Crippen molar-refractivity contribution in [1.29, 1.82) is 0 Å². The Morgan fingerprint density at radius 2 is 1.05 bits per heavy atom.